The molecule has 110 valence electrons. The first-order valence-corrected chi connectivity index (χ1v) is 6.93. The summed E-state index contributed by atoms with van der Waals surface area (Å²) < 4.78 is 0. The quantitative estimate of drug-likeness (QED) is 0.410. The molecule has 1 unspecified atom stereocenters. The van der Waals surface area contributed by atoms with Crippen LogP contribution in [0.3, 0.4) is 0 Å². The van der Waals surface area contributed by atoms with E-state index in [0.29, 0.717) is 30.8 Å². The van der Waals surface area contributed by atoms with Crippen LogP contribution in [0.5, 0.6) is 0 Å². The van der Waals surface area contributed by atoms with Gasteiger partial charge in [0.1, 0.15) is 6.04 Å². The monoisotopic (exact) mass is 299 g/mol. The van der Waals surface area contributed by atoms with Crippen LogP contribution >= 0.6 is 11.6 Å². The van der Waals surface area contributed by atoms with Crippen molar-refractivity contribution in [2.24, 2.45) is 0 Å². The number of carbonyl (C=O) groups is 1. The van der Waals surface area contributed by atoms with Crippen LogP contribution in [0.25, 0.3) is 0 Å². The summed E-state index contributed by atoms with van der Waals surface area (Å²) in [6, 6.07) is 6.57. The average Bonchev–Trinajstić information content (AvgIpc) is 2.39. The maximum atomic E-state index is 11.1. The van der Waals surface area contributed by atoms with Crippen LogP contribution < -0.4 is 5.32 Å². The second-order valence-corrected chi connectivity index (χ2v) is 5.10. The van der Waals surface area contributed by atoms with E-state index in [1.807, 2.05) is 12.1 Å². The van der Waals surface area contributed by atoms with Gasteiger partial charge in [0.2, 0.25) is 0 Å². The Morgan fingerprint density at radius 1 is 1.25 bits per heavy atom. The maximum absolute atomic E-state index is 11.1. The summed E-state index contributed by atoms with van der Waals surface area (Å²) in [6.07, 6.45) is 1.94. The maximum Gasteiger partial charge on any atom is 0.451 e. The van der Waals surface area contributed by atoms with E-state index in [1.54, 1.807) is 12.1 Å². The fraction of sp³-hybridized carbons (Fsp3) is 0.462. The Bertz CT molecular complexity index is 413. The van der Waals surface area contributed by atoms with Crippen LogP contribution in [0.4, 0.5) is 0 Å². The second kappa shape index (κ2) is 8.97. The third-order valence-corrected chi connectivity index (χ3v) is 3.22. The largest absolute Gasteiger partial charge is 0.480 e. The smallest absolute Gasteiger partial charge is 0.451 e. The molecule has 0 aliphatic heterocycles. The van der Waals surface area contributed by atoms with Gasteiger partial charge in [-0.25, -0.2) is 0 Å². The minimum atomic E-state index is -1.32. The Morgan fingerprint density at radius 2 is 1.90 bits per heavy atom. The number of carboxylic acid groups (broad SMARTS) is 1. The van der Waals surface area contributed by atoms with Gasteiger partial charge in [-0.1, -0.05) is 36.6 Å². The highest BCUT2D eigenvalue weighted by molar-refractivity contribution is 6.40. The van der Waals surface area contributed by atoms with E-state index in [-0.39, 0.29) is 6.32 Å². The second-order valence-electron chi connectivity index (χ2n) is 4.66. The summed E-state index contributed by atoms with van der Waals surface area (Å²) >= 11 is 5.78. The number of rotatable bonds is 9. The molecule has 1 rings (SSSR count). The van der Waals surface area contributed by atoms with Crippen molar-refractivity contribution in [1.29, 1.82) is 0 Å². The van der Waals surface area contributed by atoms with Gasteiger partial charge in [0, 0.05) is 11.6 Å². The first-order valence-electron chi connectivity index (χ1n) is 6.56. The molecule has 1 aromatic carbocycles. The lowest BCUT2D eigenvalue weighted by molar-refractivity contribution is -0.139. The molecule has 5 nitrogen and oxygen atoms in total. The number of aliphatic carboxylic acids is 1. The Hall–Kier alpha value is -1.08. The van der Waals surface area contributed by atoms with E-state index in [1.165, 1.54) is 0 Å². The van der Waals surface area contributed by atoms with Crippen molar-refractivity contribution in [1.82, 2.24) is 5.32 Å². The minimum Gasteiger partial charge on any atom is -0.480 e. The molecule has 0 saturated carbocycles. The Balaban J connectivity index is 2.35. The standard InChI is InChI=1S/C13H19BClNO4/c15-11-6-4-10(5-7-11)9-16-12(13(17)18)3-1-2-8-14(19)20/h4-7,12,16,19-20H,1-3,8-9H2,(H,17,18). The fourth-order valence-corrected chi connectivity index (χ4v) is 1.96. The average molecular weight is 300 g/mol. The van der Waals surface area contributed by atoms with Gasteiger partial charge in [0.15, 0.2) is 0 Å². The Labute approximate surface area is 123 Å². The highest BCUT2D eigenvalue weighted by Crippen LogP contribution is 2.10. The highest BCUT2D eigenvalue weighted by atomic mass is 35.5. The van der Waals surface area contributed by atoms with Crippen molar-refractivity contribution in [2.45, 2.75) is 38.2 Å². The van der Waals surface area contributed by atoms with Gasteiger partial charge < -0.3 is 20.5 Å². The van der Waals surface area contributed by atoms with E-state index >= 15 is 0 Å². The first kappa shape index (κ1) is 17.0. The summed E-state index contributed by atoms with van der Waals surface area (Å²) in [5.74, 6) is -0.900. The van der Waals surface area contributed by atoms with E-state index in [2.05, 4.69) is 5.32 Å². The summed E-state index contributed by atoms with van der Waals surface area (Å²) in [5.41, 5.74) is 0.964. The van der Waals surface area contributed by atoms with Crippen molar-refractivity contribution in [2.75, 3.05) is 0 Å². The van der Waals surface area contributed by atoms with E-state index < -0.39 is 19.1 Å². The Morgan fingerprint density at radius 3 is 2.45 bits per heavy atom. The summed E-state index contributed by atoms with van der Waals surface area (Å²) in [4.78, 5) is 11.1. The lowest BCUT2D eigenvalue weighted by Crippen LogP contribution is -2.36. The molecule has 0 spiro atoms. The van der Waals surface area contributed by atoms with E-state index in [0.717, 1.165) is 5.56 Å². The highest BCUT2D eigenvalue weighted by Gasteiger charge is 2.16. The molecule has 0 aliphatic rings. The van der Waals surface area contributed by atoms with Gasteiger partial charge >= 0.3 is 13.1 Å². The molecule has 0 aliphatic carbocycles. The van der Waals surface area contributed by atoms with Gasteiger partial charge in [0.25, 0.3) is 0 Å². The molecular formula is C13H19BClNO4. The van der Waals surface area contributed by atoms with Gasteiger partial charge in [-0.15, -0.1) is 0 Å². The lowest BCUT2D eigenvalue weighted by atomic mass is 9.83. The number of hydrogen-bond acceptors (Lipinski definition) is 4. The molecule has 1 aromatic rings. The third-order valence-electron chi connectivity index (χ3n) is 2.97. The molecule has 0 saturated heterocycles. The molecule has 0 fully saturated rings. The lowest BCUT2D eigenvalue weighted by Gasteiger charge is -2.14. The zero-order valence-corrected chi connectivity index (χ0v) is 11.9. The number of nitrogens with one attached hydrogen (secondary N) is 1. The van der Waals surface area contributed by atoms with Gasteiger partial charge in [0.05, 0.1) is 0 Å². The van der Waals surface area contributed by atoms with Crippen LogP contribution in [-0.2, 0) is 11.3 Å². The Kier molecular flexibility index (Phi) is 7.61. The third kappa shape index (κ3) is 6.91. The van der Waals surface area contributed by atoms with Gasteiger partial charge in [-0.2, -0.15) is 0 Å². The first-order chi connectivity index (χ1) is 9.49. The van der Waals surface area contributed by atoms with Crippen LogP contribution in [-0.4, -0.2) is 34.3 Å². The molecule has 0 radical (unpaired) electrons. The fourth-order valence-electron chi connectivity index (χ4n) is 1.83. The molecule has 0 bridgehead atoms. The normalized spacial score (nSPS) is 12.2. The zero-order chi connectivity index (χ0) is 15.0. The van der Waals surface area contributed by atoms with Crippen molar-refractivity contribution >= 4 is 24.7 Å². The van der Waals surface area contributed by atoms with Crippen molar-refractivity contribution in [3.05, 3.63) is 34.9 Å². The van der Waals surface area contributed by atoms with Gasteiger partial charge in [-0.05, 0) is 30.4 Å². The molecule has 1 atom stereocenters. The summed E-state index contributed by atoms with van der Waals surface area (Å²) in [5, 5.41) is 30.2. The summed E-state index contributed by atoms with van der Waals surface area (Å²) in [7, 11) is -1.32. The van der Waals surface area contributed by atoms with E-state index in [9.17, 15) is 4.79 Å². The van der Waals surface area contributed by atoms with E-state index in [4.69, 9.17) is 26.8 Å². The topological polar surface area (TPSA) is 89.8 Å². The number of unbranched alkanes of at least 4 members (excludes halogenated alkanes) is 1. The van der Waals surface area contributed by atoms with Gasteiger partial charge in [-0.3, -0.25) is 4.79 Å². The van der Waals surface area contributed by atoms with Crippen LogP contribution in [0.1, 0.15) is 24.8 Å². The minimum absolute atomic E-state index is 0.267. The predicted octanol–water partition coefficient (Wildman–Crippen LogP) is 1.53. The molecular weight excluding hydrogens is 280 g/mol. The van der Waals surface area contributed by atoms with Crippen molar-refractivity contribution in [3.8, 4) is 0 Å². The number of halogens is 1. The summed E-state index contributed by atoms with van der Waals surface area (Å²) in [6.45, 7) is 0.455. The number of benzene rings is 1. The molecule has 7 heteroatoms. The van der Waals surface area contributed by atoms with Crippen molar-refractivity contribution in [3.63, 3.8) is 0 Å². The molecule has 4 N–H and O–H groups in total. The zero-order valence-electron chi connectivity index (χ0n) is 11.1. The van der Waals surface area contributed by atoms with Crippen molar-refractivity contribution < 1.29 is 19.9 Å². The molecule has 0 aromatic heterocycles. The molecule has 0 amide bonds. The predicted molar refractivity (Wildman–Crippen MR) is 78.6 cm³/mol. The number of hydrogen-bond donors (Lipinski definition) is 4. The number of carboxylic acids is 1. The van der Waals surface area contributed by atoms with Crippen LogP contribution in [0, 0.1) is 0 Å². The van der Waals surface area contributed by atoms with Crippen LogP contribution in [0.2, 0.25) is 11.3 Å². The SMILES string of the molecule is O=C(O)C(CCCCB(O)O)NCc1ccc(Cl)cc1. The van der Waals surface area contributed by atoms with Crippen LogP contribution in [0.15, 0.2) is 24.3 Å². The molecule has 0 heterocycles. The molecule has 20 heavy (non-hydrogen) atoms.